The molecular formula is C29H33F3N2O3. The zero-order valence-corrected chi connectivity index (χ0v) is 20.6. The van der Waals surface area contributed by atoms with Crippen molar-refractivity contribution in [2.45, 2.75) is 55.8 Å². The lowest BCUT2D eigenvalue weighted by Gasteiger charge is -2.55. The molecule has 0 radical (unpaired) electrons. The van der Waals surface area contributed by atoms with Gasteiger partial charge in [-0.05, 0) is 86.0 Å². The molecule has 198 valence electrons. The Morgan fingerprint density at radius 1 is 1.16 bits per heavy atom. The summed E-state index contributed by atoms with van der Waals surface area (Å²) >= 11 is 0. The van der Waals surface area contributed by atoms with E-state index in [2.05, 4.69) is 10.2 Å². The number of carbonyl (C=O) groups excluding carboxylic acids is 1. The summed E-state index contributed by atoms with van der Waals surface area (Å²) in [7, 11) is 0. The van der Waals surface area contributed by atoms with Crippen molar-refractivity contribution >= 4 is 12.0 Å². The zero-order chi connectivity index (χ0) is 26.2. The molecule has 1 amide bonds. The number of aliphatic hydroxyl groups excluding tert-OH is 1. The first-order valence-electron chi connectivity index (χ1n) is 13.0. The summed E-state index contributed by atoms with van der Waals surface area (Å²) < 4.78 is 39.0. The molecule has 5 rings (SSSR count). The van der Waals surface area contributed by atoms with E-state index in [0.717, 1.165) is 49.7 Å². The monoisotopic (exact) mass is 514 g/mol. The second-order valence-electron chi connectivity index (χ2n) is 10.9. The van der Waals surface area contributed by atoms with Gasteiger partial charge < -0.3 is 20.4 Å². The highest BCUT2D eigenvalue weighted by atomic mass is 19.4. The van der Waals surface area contributed by atoms with Gasteiger partial charge in [0.25, 0.3) is 0 Å². The summed E-state index contributed by atoms with van der Waals surface area (Å²) in [5, 5.41) is 24.5. The molecule has 2 aliphatic carbocycles. The van der Waals surface area contributed by atoms with Gasteiger partial charge in [-0.25, -0.2) is 0 Å². The number of aliphatic hydroxyl groups is 1. The maximum absolute atomic E-state index is 13.0. The third kappa shape index (κ3) is 5.85. The van der Waals surface area contributed by atoms with Gasteiger partial charge in [0, 0.05) is 36.5 Å². The summed E-state index contributed by atoms with van der Waals surface area (Å²) in [6, 6.07) is 11.7. The summed E-state index contributed by atoms with van der Waals surface area (Å²) in [6.07, 6.45) is 1.92. The lowest BCUT2D eigenvalue weighted by molar-refractivity contribution is -0.137. The van der Waals surface area contributed by atoms with Crippen LogP contribution < -0.4 is 5.32 Å². The first-order chi connectivity index (χ1) is 17.6. The van der Waals surface area contributed by atoms with Crippen LogP contribution in [0.15, 0.2) is 54.6 Å². The van der Waals surface area contributed by atoms with Crippen molar-refractivity contribution < 1.29 is 28.2 Å². The molecule has 3 aliphatic rings. The number of benzene rings is 2. The van der Waals surface area contributed by atoms with Crippen LogP contribution in [0.1, 0.15) is 48.8 Å². The Morgan fingerprint density at radius 2 is 1.95 bits per heavy atom. The molecule has 2 aromatic carbocycles. The smallest absolute Gasteiger partial charge is 0.416 e. The second kappa shape index (κ2) is 10.1. The highest BCUT2D eigenvalue weighted by Gasteiger charge is 2.52. The van der Waals surface area contributed by atoms with Gasteiger partial charge in [0.05, 0.1) is 11.7 Å². The molecule has 1 aliphatic heterocycles. The number of amides is 1. The van der Waals surface area contributed by atoms with Crippen LogP contribution >= 0.6 is 0 Å². The SMILES string of the molecule is O=C(/C=C/c1cccc(C(F)(F)F)c1)NC1CC(O)C2CN(CC3CC3)CCC2(c2cccc(O)c2)C1. The number of nitrogens with zero attached hydrogens (tertiary/aromatic N) is 1. The van der Waals surface area contributed by atoms with Crippen molar-refractivity contribution in [1.29, 1.82) is 0 Å². The van der Waals surface area contributed by atoms with E-state index in [9.17, 15) is 28.2 Å². The Morgan fingerprint density at radius 3 is 2.68 bits per heavy atom. The minimum absolute atomic E-state index is 0.0180. The molecule has 4 atom stereocenters. The van der Waals surface area contributed by atoms with E-state index in [4.69, 9.17) is 0 Å². The Labute approximate surface area is 215 Å². The van der Waals surface area contributed by atoms with Crippen molar-refractivity contribution in [1.82, 2.24) is 10.2 Å². The third-order valence-corrected chi connectivity index (χ3v) is 8.26. The highest BCUT2D eigenvalue weighted by molar-refractivity contribution is 5.92. The number of rotatable bonds is 6. The Bertz CT molecular complexity index is 1160. The van der Waals surface area contributed by atoms with Gasteiger partial charge in [0.2, 0.25) is 5.91 Å². The van der Waals surface area contributed by atoms with Crippen LogP contribution in [-0.2, 0) is 16.4 Å². The van der Waals surface area contributed by atoms with E-state index in [1.54, 1.807) is 12.1 Å². The van der Waals surface area contributed by atoms with Crippen LogP contribution in [0, 0.1) is 11.8 Å². The van der Waals surface area contributed by atoms with E-state index in [-0.39, 0.29) is 28.7 Å². The van der Waals surface area contributed by atoms with Crippen LogP contribution in [0.3, 0.4) is 0 Å². The predicted octanol–water partition coefficient (Wildman–Crippen LogP) is 4.73. The average Bonchev–Trinajstić information content (AvgIpc) is 3.67. The zero-order valence-electron chi connectivity index (χ0n) is 20.6. The molecule has 0 spiro atoms. The molecular weight excluding hydrogens is 481 g/mol. The molecule has 3 fully saturated rings. The molecule has 2 saturated carbocycles. The molecule has 4 unspecified atom stereocenters. The number of phenolic OH excluding ortho intramolecular Hbond substituents is 1. The number of aromatic hydroxyl groups is 1. The molecule has 0 aromatic heterocycles. The van der Waals surface area contributed by atoms with E-state index < -0.39 is 23.8 Å². The van der Waals surface area contributed by atoms with Crippen LogP contribution in [0.25, 0.3) is 6.08 Å². The molecule has 3 N–H and O–H groups in total. The molecule has 5 nitrogen and oxygen atoms in total. The minimum Gasteiger partial charge on any atom is -0.508 e. The lowest BCUT2D eigenvalue weighted by atomic mass is 9.57. The van der Waals surface area contributed by atoms with Crippen molar-refractivity contribution in [2.24, 2.45) is 11.8 Å². The maximum atomic E-state index is 13.0. The normalized spacial score (nSPS) is 28.7. The number of nitrogens with one attached hydrogen (secondary N) is 1. The molecule has 1 heterocycles. The maximum Gasteiger partial charge on any atom is 0.416 e. The van der Waals surface area contributed by atoms with Crippen molar-refractivity contribution in [2.75, 3.05) is 19.6 Å². The van der Waals surface area contributed by atoms with Gasteiger partial charge in [0.15, 0.2) is 0 Å². The number of hydrogen-bond donors (Lipinski definition) is 3. The van der Waals surface area contributed by atoms with Gasteiger partial charge >= 0.3 is 6.18 Å². The van der Waals surface area contributed by atoms with Crippen LogP contribution in [0.2, 0.25) is 0 Å². The first kappa shape index (κ1) is 25.8. The molecule has 2 aromatic rings. The van der Waals surface area contributed by atoms with Crippen molar-refractivity contribution in [3.63, 3.8) is 0 Å². The molecule has 37 heavy (non-hydrogen) atoms. The number of carbonyl (C=O) groups is 1. The van der Waals surface area contributed by atoms with E-state index in [0.29, 0.717) is 12.8 Å². The minimum atomic E-state index is -4.45. The topological polar surface area (TPSA) is 72.8 Å². The Hall–Kier alpha value is -2.84. The van der Waals surface area contributed by atoms with Gasteiger partial charge in [0.1, 0.15) is 5.75 Å². The fourth-order valence-electron chi connectivity index (χ4n) is 6.28. The van der Waals surface area contributed by atoms with Gasteiger partial charge in [-0.15, -0.1) is 0 Å². The molecule has 0 bridgehead atoms. The van der Waals surface area contributed by atoms with E-state index in [1.807, 2.05) is 12.1 Å². The number of fused-ring (bicyclic) bond motifs is 1. The standard InChI is InChI=1S/C29H33F3N2O3/c30-29(31,32)22-5-1-3-19(13-22)9-10-27(37)33-23-15-26(36)25-18-34(17-20-7-8-20)12-11-28(25,16-23)21-4-2-6-24(35)14-21/h1-6,9-10,13-14,20,23,25-26,35-36H,7-8,11-12,15-18H2,(H,33,37)/b10-9+. The van der Waals surface area contributed by atoms with Gasteiger partial charge in [-0.2, -0.15) is 13.2 Å². The van der Waals surface area contributed by atoms with Gasteiger partial charge in [-0.3, -0.25) is 4.79 Å². The highest BCUT2D eigenvalue weighted by Crippen LogP contribution is 2.50. The Kier molecular flexibility index (Phi) is 7.07. The summed E-state index contributed by atoms with van der Waals surface area (Å²) in [5.41, 5.74) is 0.103. The number of hydrogen-bond acceptors (Lipinski definition) is 4. The first-order valence-corrected chi connectivity index (χ1v) is 13.0. The average molecular weight is 515 g/mol. The Balaban J connectivity index is 1.32. The summed E-state index contributed by atoms with van der Waals surface area (Å²) in [6.45, 7) is 2.73. The predicted molar refractivity (Wildman–Crippen MR) is 135 cm³/mol. The molecule has 1 saturated heterocycles. The number of piperidine rings is 1. The van der Waals surface area contributed by atoms with Gasteiger partial charge in [-0.1, -0.05) is 24.3 Å². The molecule has 8 heteroatoms. The van der Waals surface area contributed by atoms with Crippen LogP contribution in [0.5, 0.6) is 5.75 Å². The summed E-state index contributed by atoms with van der Waals surface area (Å²) in [4.78, 5) is 15.2. The van der Waals surface area contributed by atoms with Crippen LogP contribution in [0.4, 0.5) is 13.2 Å². The second-order valence-corrected chi connectivity index (χ2v) is 10.9. The summed E-state index contributed by atoms with van der Waals surface area (Å²) in [5.74, 6) is 0.501. The van der Waals surface area contributed by atoms with Crippen molar-refractivity contribution in [3.8, 4) is 5.75 Å². The number of halogens is 3. The number of alkyl halides is 3. The van der Waals surface area contributed by atoms with Crippen LogP contribution in [-0.4, -0.2) is 52.8 Å². The fourth-order valence-corrected chi connectivity index (χ4v) is 6.28. The van der Waals surface area contributed by atoms with E-state index in [1.165, 1.54) is 37.1 Å². The van der Waals surface area contributed by atoms with E-state index >= 15 is 0 Å². The quantitative estimate of drug-likeness (QED) is 0.488. The lowest BCUT2D eigenvalue weighted by Crippen LogP contribution is -2.61. The third-order valence-electron chi connectivity index (χ3n) is 8.26. The number of likely N-dealkylation sites (tertiary alicyclic amines) is 1. The fraction of sp³-hybridized carbons (Fsp3) is 0.483. The largest absolute Gasteiger partial charge is 0.508 e. The number of phenols is 1. The van der Waals surface area contributed by atoms with Crippen molar-refractivity contribution in [3.05, 3.63) is 71.3 Å².